The first-order valence-electron chi connectivity index (χ1n) is 5.93. The molecule has 0 fully saturated rings. The molecular weight excluding hydrogens is 287 g/mol. The SMILES string of the molecule is COCCNCc1nnc(Nc2ccc(Cl)cc2F)o1. The zero-order chi connectivity index (χ0) is 14.4. The minimum atomic E-state index is -0.490. The Morgan fingerprint density at radius 1 is 1.40 bits per heavy atom. The van der Waals surface area contributed by atoms with Gasteiger partial charge in [0.25, 0.3) is 0 Å². The van der Waals surface area contributed by atoms with E-state index < -0.39 is 5.82 Å². The van der Waals surface area contributed by atoms with E-state index in [1.165, 1.54) is 12.1 Å². The first kappa shape index (κ1) is 14.7. The molecule has 8 heteroatoms. The standard InChI is InChI=1S/C12H14ClFN4O2/c1-19-5-4-15-7-11-17-18-12(20-11)16-10-3-2-8(13)6-9(10)14/h2-3,6,15H,4-5,7H2,1H3,(H,16,18). The number of rotatable bonds is 7. The van der Waals surface area contributed by atoms with Crippen LogP contribution in [0, 0.1) is 5.82 Å². The maximum Gasteiger partial charge on any atom is 0.320 e. The van der Waals surface area contributed by atoms with E-state index in [0.29, 0.717) is 30.6 Å². The molecular formula is C12H14ClFN4O2. The summed E-state index contributed by atoms with van der Waals surface area (Å²) < 4.78 is 23.8. The summed E-state index contributed by atoms with van der Waals surface area (Å²) in [6.07, 6.45) is 0. The van der Waals surface area contributed by atoms with Crippen LogP contribution in [0.3, 0.4) is 0 Å². The van der Waals surface area contributed by atoms with Crippen LogP contribution in [0.1, 0.15) is 5.89 Å². The number of ether oxygens (including phenoxy) is 1. The summed E-state index contributed by atoms with van der Waals surface area (Å²) in [7, 11) is 1.62. The highest BCUT2D eigenvalue weighted by molar-refractivity contribution is 6.30. The van der Waals surface area contributed by atoms with E-state index in [0.717, 1.165) is 0 Å². The van der Waals surface area contributed by atoms with Crippen LogP contribution in [-0.2, 0) is 11.3 Å². The average molecular weight is 301 g/mol. The second kappa shape index (κ2) is 7.18. The number of halogens is 2. The molecule has 20 heavy (non-hydrogen) atoms. The molecule has 1 aromatic heterocycles. The quantitative estimate of drug-likeness (QED) is 0.765. The maximum absolute atomic E-state index is 13.6. The van der Waals surface area contributed by atoms with Gasteiger partial charge in [-0.3, -0.25) is 0 Å². The fourth-order valence-electron chi connectivity index (χ4n) is 1.45. The van der Waals surface area contributed by atoms with Crippen molar-refractivity contribution in [3.8, 4) is 0 Å². The zero-order valence-electron chi connectivity index (χ0n) is 10.8. The van der Waals surface area contributed by atoms with Crippen LogP contribution >= 0.6 is 11.6 Å². The van der Waals surface area contributed by atoms with Crippen LogP contribution in [0.2, 0.25) is 5.02 Å². The van der Waals surface area contributed by atoms with E-state index in [1.54, 1.807) is 13.2 Å². The Labute approximate surface area is 120 Å². The van der Waals surface area contributed by atoms with E-state index in [1.807, 2.05) is 0 Å². The van der Waals surface area contributed by atoms with E-state index in [4.69, 9.17) is 20.8 Å². The van der Waals surface area contributed by atoms with Gasteiger partial charge in [-0.05, 0) is 18.2 Å². The number of hydrogen-bond donors (Lipinski definition) is 2. The highest BCUT2D eigenvalue weighted by Gasteiger charge is 2.09. The Balaban J connectivity index is 1.92. The Morgan fingerprint density at radius 2 is 2.25 bits per heavy atom. The number of methoxy groups -OCH3 is 1. The molecule has 2 rings (SSSR count). The second-order valence-electron chi connectivity index (χ2n) is 3.92. The number of benzene rings is 1. The second-order valence-corrected chi connectivity index (χ2v) is 4.36. The van der Waals surface area contributed by atoms with Gasteiger partial charge >= 0.3 is 6.01 Å². The Bertz CT molecular complexity index is 564. The first-order chi connectivity index (χ1) is 9.69. The molecule has 0 saturated heterocycles. The largest absolute Gasteiger partial charge is 0.406 e. The summed E-state index contributed by atoms with van der Waals surface area (Å²) in [5, 5.41) is 13.7. The minimum Gasteiger partial charge on any atom is -0.406 e. The van der Waals surface area contributed by atoms with Crippen LogP contribution in [0.15, 0.2) is 22.6 Å². The molecule has 108 valence electrons. The first-order valence-corrected chi connectivity index (χ1v) is 6.31. The zero-order valence-corrected chi connectivity index (χ0v) is 11.6. The monoisotopic (exact) mass is 300 g/mol. The van der Waals surface area contributed by atoms with Crippen molar-refractivity contribution in [3.63, 3.8) is 0 Å². The molecule has 1 aromatic carbocycles. The summed E-state index contributed by atoms with van der Waals surface area (Å²) in [6, 6.07) is 4.39. The Hall–Kier alpha value is -1.70. The fraction of sp³-hybridized carbons (Fsp3) is 0.333. The van der Waals surface area contributed by atoms with E-state index in [-0.39, 0.29) is 11.7 Å². The van der Waals surface area contributed by atoms with E-state index in [9.17, 15) is 4.39 Å². The van der Waals surface area contributed by atoms with Gasteiger partial charge in [0.1, 0.15) is 5.82 Å². The van der Waals surface area contributed by atoms with Crippen molar-refractivity contribution in [1.82, 2.24) is 15.5 Å². The topological polar surface area (TPSA) is 72.2 Å². The summed E-state index contributed by atoms with van der Waals surface area (Å²) >= 11 is 5.67. The lowest BCUT2D eigenvalue weighted by atomic mass is 10.3. The van der Waals surface area contributed by atoms with Crippen molar-refractivity contribution >= 4 is 23.3 Å². The number of anilines is 2. The van der Waals surface area contributed by atoms with Gasteiger partial charge < -0.3 is 19.8 Å². The molecule has 0 aliphatic carbocycles. The van der Waals surface area contributed by atoms with Gasteiger partial charge in [0.05, 0.1) is 18.8 Å². The third-order valence-electron chi connectivity index (χ3n) is 2.40. The van der Waals surface area contributed by atoms with Gasteiger partial charge in [-0.25, -0.2) is 4.39 Å². The number of nitrogens with zero attached hydrogens (tertiary/aromatic N) is 2. The van der Waals surface area contributed by atoms with Crippen LogP contribution in [0.4, 0.5) is 16.1 Å². The highest BCUT2D eigenvalue weighted by Crippen LogP contribution is 2.22. The molecule has 0 bridgehead atoms. The van der Waals surface area contributed by atoms with Crippen LogP contribution in [0.5, 0.6) is 0 Å². The molecule has 0 spiro atoms. The minimum absolute atomic E-state index is 0.120. The number of nitrogens with one attached hydrogen (secondary N) is 2. The molecule has 2 N–H and O–H groups in total. The summed E-state index contributed by atoms with van der Waals surface area (Å²) in [6.45, 7) is 1.68. The summed E-state index contributed by atoms with van der Waals surface area (Å²) in [5.74, 6) is -0.0894. The van der Waals surface area contributed by atoms with Gasteiger partial charge in [-0.15, -0.1) is 5.10 Å². The predicted octanol–water partition coefficient (Wildman–Crippen LogP) is 2.34. The van der Waals surface area contributed by atoms with Gasteiger partial charge in [0.15, 0.2) is 0 Å². The predicted molar refractivity (Wildman–Crippen MR) is 72.6 cm³/mol. The summed E-state index contributed by atoms with van der Waals surface area (Å²) in [5.41, 5.74) is 0.219. The van der Waals surface area contributed by atoms with Gasteiger partial charge in [0.2, 0.25) is 5.89 Å². The van der Waals surface area contributed by atoms with Crippen LogP contribution < -0.4 is 10.6 Å². The molecule has 2 aromatic rings. The average Bonchev–Trinajstić information content (AvgIpc) is 2.86. The van der Waals surface area contributed by atoms with Gasteiger partial charge in [-0.1, -0.05) is 16.7 Å². The molecule has 0 aliphatic heterocycles. The van der Waals surface area contributed by atoms with E-state index >= 15 is 0 Å². The van der Waals surface area contributed by atoms with Gasteiger partial charge in [0, 0.05) is 18.7 Å². The fourth-order valence-corrected chi connectivity index (χ4v) is 1.61. The molecule has 0 saturated carbocycles. The molecule has 0 aliphatic rings. The lowest BCUT2D eigenvalue weighted by molar-refractivity contribution is 0.198. The van der Waals surface area contributed by atoms with Crippen molar-refractivity contribution in [2.75, 3.05) is 25.6 Å². The third kappa shape index (κ3) is 4.16. The van der Waals surface area contributed by atoms with Crippen molar-refractivity contribution in [3.05, 3.63) is 34.9 Å². The molecule has 0 radical (unpaired) electrons. The normalized spacial score (nSPS) is 10.8. The van der Waals surface area contributed by atoms with Crippen LogP contribution in [-0.4, -0.2) is 30.5 Å². The number of aromatic nitrogens is 2. The Morgan fingerprint density at radius 3 is 3.00 bits per heavy atom. The maximum atomic E-state index is 13.6. The van der Waals surface area contributed by atoms with Crippen LogP contribution in [0.25, 0.3) is 0 Å². The van der Waals surface area contributed by atoms with Crippen molar-refractivity contribution in [2.45, 2.75) is 6.54 Å². The molecule has 0 atom stereocenters. The lowest BCUT2D eigenvalue weighted by Gasteiger charge is -2.03. The number of hydrogen-bond acceptors (Lipinski definition) is 6. The lowest BCUT2D eigenvalue weighted by Crippen LogP contribution is -2.18. The van der Waals surface area contributed by atoms with E-state index in [2.05, 4.69) is 20.8 Å². The molecule has 0 amide bonds. The smallest absolute Gasteiger partial charge is 0.320 e. The van der Waals surface area contributed by atoms with Crippen molar-refractivity contribution < 1.29 is 13.5 Å². The molecule has 0 unspecified atom stereocenters. The highest BCUT2D eigenvalue weighted by atomic mass is 35.5. The van der Waals surface area contributed by atoms with Crippen molar-refractivity contribution in [1.29, 1.82) is 0 Å². The van der Waals surface area contributed by atoms with Crippen molar-refractivity contribution in [2.24, 2.45) is 0 Å². The Kier molecular flexibility index (Phi) is 5.28. The van der Waals surface area contributed by atoms with Gasteiger partial charge in [-0.2, -0.15) is 0 Å². The summed E-state index contributed by atoms with van der Waals surface area (Å²) in [4.78, 5) is 0. The molecule has 1 heterocycles. The molecule has 6 nitrogen and oxygen atoms in total. The third-order valence-corrected chi connectivity index (χ3v) is 2.63.